The van der Waals surface area contributed by atoms with Crippen LogP contribution in [0.1, 0.15) is 57.8 Å². The lowest BCUT2D eigenvalue weighted by Crippen LogP contribution is -2.50. The van der Waals surface area contributed by atoms with Crippen LogP contribution in [0.3, 0.4) is 0 Å². The molecule has 1 aliphatic carbocycles. The molecule has 1 aliphatic heterocycles. The smallest absolute Gasteiger partial charge is 0.307 e. The molecule has 0 amide bonds. The summed E-state index contributed by atoms with van der Waals surface area (Å²) >= 11 is 0. The Morgan fingerprint density at radius 1 is 1.11 bits per heavy atom. The van der Waals surface area contributed by atoms with E-state index in [-0.39, 0.29) is 6.04 Å². The maximum atomic E-state index is 9.11. The average molecular weight is 384 g/mol. The number of anilines is 2. The summed E-state index contributed by atoms with van der Waals surface area (Å²) in [5.74, 6) is 0. The molecule has 1 heterocycles. The molecule has 2 fully saturated rings. The molecule has 1 aromatic carbocycles. The van der Waals surface area contributed by atoms with Crippen molar-refractivity contribution in [2.24, 2.45) is 4.99 Å². The summed E-state index contributed by atoms with van der Waals surface area (Å²) in [6, 6.07) is 9.01. The quantitative estimate of drug-likeness (QED) is 0.367. The monoisotopic (exact) mass is 383 g/mol. The van der Waals surface area contributed by atoms with Crippen molar-refractivity contribution in [3.05, 3.63) is 24.3 Å². The summed E-state index contributed by atoms with van der Waals surface area (Å²) < 4.78 is 5.47. The number of nitrogens with two attached hydrogens (primary N) is 1. The third-order valence-corrected chi connectivity index (χ3v) is 6.19. The van der Waals surface area contributed by atoms with Crippen LogP contribution < -0.4 is 10.6 Å². The Labute approximate surface area is 169 Å². The Bertz CT molecular complexity index is 682. The van der Waals surface area contributed by atoms with Crippen molar-refractivity contribution in [1.29, 1.82) is 5.26 Å². The van der Waals surface area contributed by atoms with E-state index < -0.39 is 0 Å². The Balaban J connectivity index is 1.73. The summed E-state index contributed by atoms with van der Waals surface area (Å²) in [4.78, 5) is 8.63. The number of methoxy groups -OCH3 is 1. The second-order valence-electron chi connectivity index (χ2n) is 7.89. The Morgan fingerprint density at radius 3 is 2.36 bits per heavy atom. The molecule has 1 aromatic rings. The zero-order chi connectivity index (χ0) is 19.8. The van der Waals surface area contributed by atoms with Crippen LogP contribution in [0.2, 0.25) is 0 Å². The van der Waals surface area contributed by atoms with Gasteiger partial charge in [0, 0.05) is 25.2 Å². The number of benzene rings is 1. The van der Waals surface area contributed by atoms with E-state index in [9.17, 15) is 0 Å². The van der Waals surface area contributed by atoms with Gasteiger partial charge in [0.1, 0.15) is 0 Å². The average Bonchev–Trinajstić information content (AvgIpc) is 2.69. The molecule has 6 heteroatoms. The number of likely N-dealkylation sites (tertiary alicyclic amines) is 1. The number of hydrogen-bond acceptors (Lipinski definition) is 5. The summed E-state index contributed by atoms with van der Waals surface area (Å²) in [5.41, 5.74) is 7.78. The molecule has 2 N–H and O–H groups in total. The van der Waals surface area contributed by atoms with Crippen molar-refractivity contribution in [3.63, 3.8) is 0 Å². The van der Waals surface area contributed by atoms with Crippen LogP contribution in [0.25, 0.3) is 0 Å². The number of nitriles is 1. The van der Waals surface area contributed by atoms with Crippen LogP contribution in [0, 0.1) is 11.5 Å². The molecule has 0 aromatic heterocycles. The van der Waals surface area contributed by atoms with Gasteiger partial charge in [0.25, 0.3) is 0 Å². The van der Waals surface area contributed by atoms with Crippen molar-refractivity contribution in [3.8, 4) is 6.19 Å². The largest absolute Gasteiger partial charge is 0.467 e. The molecule has 6 nitrogen and oxygen atoms in total. The minimum absolute atomic E-state index is 0.224. The summed E-state index contributed by atoms with van der Waals surface area (Å²) in [6.07, 6.45) is 13.5. The van der Waals surface area contributed by atoms with E-state index >= 15 is 0 Å². The maximum absolute atomic E-state index is 9.11. The Kier molecular flexibility index (Phi) is 7.55. The van der Waals surface area contributed by atoms with Gasteiger partial charge in [0.2, 0.25) is 6.19 Å². The van der Waals surface area contributed by atoms with Crippen molar-refractivity contribution in [2.75, 3.05) is 30.8 Å². The lowest BCUT2D eigenvalue weighted by atomic mass is 9.93. The normalized spacial score (nSPS) is 20.8. The molecule has 0 bridgehead atoms. The third kappa shape index (κ3) is 4.96. The first-order valence-corrected chi connectivity index (χ1v) is 10.6. The molecule has 28 heavy (non-hydrogen) atoms. The number of rotatable bonds is 3. The van der Waals surface area contributed by atoms with Gasteiger partial charge in [-0.2, -0.15) is 5.26 Å². The highest BCUT2D eigenvalue weighted by Crippen LogP contribution is 2.31. The Hall–Kier alpha value is -2.26. The van der Waals surface area contributed by atoms with Gasteiger partial charge >= 0.3 is 6.02 Å². The fourth-order valence-corrected chi connectivity index (χ4v) is 4.71. The fourth-order valence-electron chi connectivity index (χ4n) is 4.71. The molecule has 0 atom stereocenters. The van der Waals surface area contributed by atoms with E-state index in [1.54, 1.807) is 7.11 Å². The number of nitrogens with zero attached hydrogens (tertiary/aromatic N) is 4. The van der Waals surface area contributed by atoms with Gasteiger partial charge < -0.3 is 15.4 Å². The predicted molar refractivity (Wildman–Crippen MR) is 114 cm³/mol. The third-order valence-electron chi connectivity index (χ3n) is 6.19. The second kappa shape index (κ2) is 10.3. The first-order chi connectivity index (χ1) is 13.7. The van der Waals surface area contributed by atoms with Gasteiger partial charge in [-0.15, -0.1) is 4.99 Å². The minimum atomic E-state index is 0.224. The van der Waals surface area contributed by atoms with Crippen LogP contribution >= 0.6 is 0 Å². The van der Waals surface area contributed by atoms with Gasteiger partial charge in [0.15, 0.2) is 0 Å². The van der Waals surface area contributed by atoms with E-state index in [1.807, 2.05) is 35.4 Å². The molecule has 152 valence electrons. The lowest BCUT2D eigenvalue weighted by molar-refractivity contribution is 0.130. The van der Waals surface area contributed by atoms with Crippen molar-refractivity contribution < 1.29 is 4.74 Å². The molecule has 0 spiro atoms. The van der Waals surface area contributed by atoms with Gasteiger partial charge in [-0.3, -0.25) is 4.90 Å². The molecule has 0 unspecified atom stereocenters. The lowest BCUT2D eigenvalue weighted by Gasteiger charge is -2.42. The molecule has 1 saturated carbocycles. The number of amidine groups is 1. The van der Waals surface area contributed by atoms with Crippen LogP contribution in [0.5, 0.6) is 0 Å². The van der Waals surface area contributed by atoms with E-state index in [4.69, 9.17) is 15.7 Å². The topological polar surface area (TPSA) is 77.9 Å². The molecule has 0 radical (unpaired) electrons. The fraction of sp³-hybridized carbons (Fsp3) is 0.636. The van der Waals surface area contributed by atoms with Crippen molar-refractivity contribution in [1.82, 2.24) is 4.90 Å². The number of aliphatic imine (C=N–C) groups is 1. The number of ether oxygens (including phenoxy) is 1. The van der Waals surface area contributed by atoms with E-state index in [1.165, 1.54) is 44.9 Å². The van der Waals surface area contributed by atoms with Gasteiger partial charge in [0.05, 0.1) is 18.5 Å². The maximum Gasteiger partial charge on any atom is 0.307 e. The van der Waals surface area contributed by atoms with Crippen LogP contribution in [-0.4, -0.2) is 43.2 Å². The van der Waals surface area contributed by atoms with Crippen LogP contribution in [0.15, 0.2) is 29.3 Å². The van der Waals surface area contributed by atoms with Gasteiger partial charge in [-0.25, -0.2) is 0 Å². The van der Waals surface area contributed by atoms with Crippen molar-refractivity contribution in [2.45, 2.75) is 69.9 Å². The molecular formula is C22H33N5O. The van der Waals surface area contributed by atoms with Crippen molar-refractivity contribution >= 4 is 17.4 Å². The standard InChI is InChI=1S/C22H33N5O/c1-28-22(25-17-23)27(21-12-8-7-11-20(21)24)19-13-15-26(16-14-19)18-9-5-3-2-4-6-10-18/h7-8,11-12,18-19H,2-6,9-10,13-16,24H2,1H3/b25-22-. The minimum Gasteiger partial charge on any atom is -0.467 e. The number of piperidine rings is 1. The number of nitrogen functional groups attached to an aromatic ring is 1. The first kappa shape index (κ1) is 20.5. The molecule has 2 aliphatic rings. The number of hydrogen-bond donors (Lipinski definition) is 1. The van der Waals surface area contributed by atoms with E-state index in [2.05, 4.69) is 9.89 Å². The molecular weight excluding hydrogens is 350 g/mol. The highest BCUT2D eigenvalue weighted by molar-refractivity contribution is 5.96. The summed E-state index contributed by atoms with van der Waals surface area (Å²) in [6.45, 7) is 2.14. The number of para-hydroxylation sites is 2. The first-order valence-electron chi connectivity index (χ1n) is 10.6. The summed E-state index contributed by atoms with van der Waals surface area (Å²) in [7, 11) is 1.56. The van der Waals surface area contributed by atoms with E-state index in [0.29, 0.717) is 11.7 Å². The second-order valence-corrected chi connectivity index (χ2v) is 7.89. The molecule has 1 saturated heterocycles. The predicted octanol–water partition coefficient (Wildman–Crippen LogP) is 4.14. The summed E-state index contributed by atoms with van der Waals surface area (Å²) in [5, 5.41) is 9.11. The SMILES string of the molecule is CO/C(=N\C#N)N(c1ccccc1N)C1CCN(C2CCCCCCC2)CC1. The highest BCUT2D eigenvalue weighted by Gasteiger charge is 2.32. The van der Waals surface area contributed by atoms with Gasteiger partial charge in [-0.05, 0) is 37.8 Å². The van der Waals surface area contributed by atoms with Gasteiger partial charge in [-0.1, -0.05) is 44.2 Å². The zero-order valence-corrected chi connectivity index (χ0v) is 17.0. The molecule has 3 rings (SSSR count). The van der Waals surface area contributed by atoms with E-state index in [0.717, 1.165) is 37.7 Å². The Morgan fingerprint density at radius 2 is 1.75 bits per heavy atom. The highest BCUT2D eigenvalue weighted by atomic mass is 16.5. The van der Waals surface area contributed by atoms with Crippen LogP contribution in [-0.2, 0) is 4.74 Å². The van der Waals surface area contributed by atoms with Crippen LogP contribution in [0.4, 0.5) is 11.4 Å². The zero-order valence-electron chi connectivity index (χ0n) is 17.0.